The molecule has 1 aliphatic heterocycles. The van der Waals surface area contributed by atoms with Gasteiger partial charge in [-0.1, -0.05) is 0 Å². The zero-order chi connectivity index (χ0) is 17.5. The number of methoxy groups -OCH3 is 2. The lowest BCUT2D eigenvalue weighted by atomic mass is 9.96. The predicted molar refractivity (Wildman–Crippen MR) is 91.2 cm³/mol. The van der Waals surface area contributed by atoms with E-state index in [2.05, 4.69) is 10.2 Å². The number of likely N-dealkylation sites (tertiary alicyclic amines) is 1. The van der Waals surface area contributed by atoms with Crippen LogP contribution in [0.4, 0.5) is 5.69 Å². The number of rotatable bonds is 7. The minimum absolute atomic E-state index is 0.0290. The summed E-state index contributed by atoms with van der Waals surface area (Å²) in [5.41, 5.74) is 5.95. The second-order valence-corrected chi connectivity index (χ2v) is 5.88. The molecule has 1 aromatic carbocycles. The van der Waals surface area contributed by atoms with Crippen molar-refractivity contribution >= 4 is 17.5 Å². The highest BCUT2D eigenvalue weighted by atomic mass is 16.5. The minimum Gasteiger partial charge on any atom is -0.497 e. The van der Waals surface area contributed by atoms with Gasteiger partial charge < -0.3 is 25.4 Å². The molecule has 2 amide bonds. The van der Waals surface area contributed by atoms with Gasteiger partial charge in [-0.15, -0.1) is 0 Å². The number of benzene rings is 1. The molecule has 1 saturated heterocycles. The zero-order valence-electron chi connectivity index (χ0n) is 14.2. The van der Waals surface area contributed by atoms with Gasteiger partial charge in [-0.3, -0.25) is 9.59 Å². The van der Waals surface area contributed by atoms with Crippen molar-refractivity contribution in [1.82, 2.24) is 4.90 Å². The van der Waals surface area contributed by atoms with Crippen LogP contribution in [0.15, 0.2) is 18.2 Å². The van der Waals surface area contributed by atoms with Crippen molar-refractivity contribution in [3.8, 4) is 11.5 Å². The van der Waals surface area contributed by atoms with Crippen LogP contribution in [-0.2, 0) is 9.59 Å². The highest BCUT2D eigenvalue weighted by Crippen LogP contribution is 2.29. The number of nitrogens with two attached hydrogens (primary N) is 1. The molecular formula is C17H25N3O4. The number of hydrogen-bond acceptors (Lipinski definition) is 5. The van der Waals surface area contributed by atoms with E-state index in [1.807, 2.05) is 0 Å². The summed E-state index contributed by atoms with van der Waals surface area (Å²) < 4.78 is 10.4. The van der Waals surface area contributed by atoms with E-state index in [1.54, 1.807) is 32.4 Å². The van der Waals surface area contributed by atoms with Gasteiger partial charge in [-0.05, 0) is 38.1 Å². The van der Waals surface area contributed by atoms with Gasteiger partial charge in [0.1, 0.15) is 11.5 Å². The van der Waals surface area contributed by atoms with Gasteiger partial charge in [0.25, 0.3) is 0 Å². The Kier molecular flexibility index (Phi) is 6.43. The summed E-state index contributed by atoms with van der Waals surface area (Å²) in [5, 5.41) is 2.86. The van der Waals surface area contributed by atoms with Crippen LogP contribution >= 0.6 is 0 Å². The SMILES string of the molecule is COc1ccc(NC(=O)CCN2CCC(C(N)=O)CC2)c(OC)c1. The summed E-state index contributed by atoms with van der Waals surface area (Å²) in [7, 11) is 3.13. The van der Waals surface area contributed by atoms with Crippen molar-refractivity contribution in [3.05, 3.63) is 18.2 Å². The molecule has 2 rings (SSSR count). The maximum absolute atomic E-state index is 12.2. The van der Waals surface area contributed by atoms with Crippen molar-refractivity contribution in [2.75, 3.05) is 39.2 Å². The first kappa shape index (κ1) is 18.1. The molecule has 0 unspecified atom stereocenters. The second-order valence-electron chi connectivity index (χ2n) is 5.88. The number of nitrogens with one attached hydrogen (secondary N) is 1. The van der Waals surface area contributed by atoms with Crippen LogP contribution in [0.3, 0.4) is 0 Å². The Hall–Kier alpha value is -2.28. The van der Waals surface area contributed by atoms with Gasteiger partial charge in [0.2, 0.25) is 11.8 Å². The molecule has 0 aliphatic carbocycles. The van der Waals surface area contributed by atoms with Gasteiger partial charge in [0.05, 0.1) is 19.9 Å². The fraction of sp³-hybridized carbons (Fsp3) is 0.529. The smallest absolute Gasteiger partial charge is 0.225 e. The quantitative estimate of drug-likeness (QED) is 0.782. The van der Waals surface area contributed by atoms with Crippen molar-refractivity contribution < 1.29 is 19.1 Å². The van der Waals surface area contributed by atoms with Gasteiger partial charge in [0, 0.05) is 24.9 Å². The minimum atomic E-state index is -0.223. The molecule has 1 aliphatic rings. The number of carbonyl (C=O) groups excluding carboxylic acids is 2. The zero-order valence-corrected chi connectivity index (χ0v) is 14.2. The van der Waals surface area contributed by atoms with Crippen molar-refractivity contribution in [1.29, 1.82) is 0 Å². The first-order valence-corrected chi connectivity index (χ1v) is 8.07. The molecule has 0 aromatic heterocycles. The molecule has 1 fully saturated rings. The maximum atomic E-state index is 12.2. The topological polar surface area (TPSA) is 93.9 Å². The summed E-state index contributed by atoms with van der Waals surface area (Å²) in [4.78, 5) is 25.5. The third kappa shape index (κ3) is 4.86. The summed E-state index contributed by atoms with van der Waals surface area (Å²) >= 11 is 0. The third-order valence-corrected chi connectivity index (χ3v) is 4.33. The Morgan fingerprint density at radius 2 is 1.96 bits per heavy atom. The number of primary amides is 1. The molecule has 7 heteroatoms. The Morgan fingerprint density at radius 1 is 1.25 bits per heavy atom. The van der Waals surface area contributed by atoms with Crippen molar-refractivity contribution in [3.63, 3.8) is 0 Å². The predicted octanol–water partition coefficient (Wildman–Crippen LogP) is 1.23. The van der Waals surface area contributed by atoms with Crippen LogP contribution < -0.4 is 20.5 Å². The van der Waals surface area contributed by atoms with E-state index < -0.39 is 0 Å². The van der Waals surface area contributed by atoms with Crippen LogP contribution in [0.1, 0.15) is 19.3 Å². The second kappa shape index (κ2) is 8.54. The van der Waals surface area contributed by atoms with Gasteiger partial charge in [-0.25, -0.2) is 0 Å². The highest BCUT2D eigenvalue weighted by molar-refractivity contribution is 5.92. The van der Waals surface area contributed by atoms with Crippen LogP contribution in [0.2, 0.25) is 0 Å². The first-order chi connectivity index (χ1) is 11.5. The Morgan fingerprint density at radius 3 is 2.54 bits per heavy atom. The van der Waals surface area contributed by atoms with Crippen LogP contribution in [0, 0.1) is 5.92 Å². The fourth-order valence-corrected chi connectivity index (χ4v) is 2.82. The summed E-state index contributed by atoms with van der Waals surface area (Å²) in [5.74, 6) is 0.903. The molecule has 0 spiro atoms. The number of carbonyl (C=O) groups is 2. The molecular weight excluding hydrogens is 310 g/mol. The molecule has 1 aromatic rings. The van der Waals surface area contributed by atoms with Crippen LogP contribution in [0.25, 0.3) is 0 Å². The van der Waals surface area contributed by atoms with Gasteiger partial charge >= 0.3 is 0 Å². The summed E-state index contributed by atoms with van der Waals surface area (Å²) in [6.07, 6.45) is 1.92. The van der Waals surface area contributed by atoms with E-state index in [4.69, 9.17) is 15.2 Å². The lowest BCUT2D eigenvalue weighted by Gasteiger charge is -2.30. The molecule has 3 N–H and O–H groups in total. The third-order valence-electron chi connectivity index (χ3n) is 4.33. The van der Waals surface area contributed by atoms with Gasteiger partial charge in [-0.2, -0.15) is 0 Å². The van der Waals surface area contributed by atoms with E-state index >= 15 is 0 Å². The van der Waals surface area contributed by atoms with Crippen LogP contribution in [-0.4, -0.2) is 50.6 Å². The first-order valence-electron chi connectivity index (χ1n) is 8.07. The molecule has 0 atom stereocenters. The van der Waals surface area contributed by atoms with Gasteiger partial charge in [0.15, 0.2) is 0 Å². The van der Waals surface area contributed by atoms with Crippen molar-refractivity contribution in [2.24, 2.45) is 11.7 Å². The lowest BCUT2D eigenvalue weighted by molar-refractivity contribution is -0.123. The molecule has 0 bridgehead atoms. The van der Waals surface area contributed by atoms with E-state index in [1.165, 1.54) is 0 Å². The number of nitrogens with zero attached hydrogens (tertiary/aromatic N) is 1. The van der Waals surface area contributed by atoms with Crippen molar-refractivity contribution in [2.45, 2.75) is 19.3 Å². The lowest BCUT2D eigenvalue weighted by Crippen LogP contribution is -2.39. The Bertz CT molecular complexity index is 583. The molecule has 24 heavy (non-hydrogen) atoms. The van der Waals surface area contributed by atoms with Crippen LogP contribution in [0.5, 0.6) is 11.5 Å². The van der Waals surface area contributed by atoms with E-state index in [9.17, 15) is 9.59 Å². The molecule has 0 radical (unpaired) electrons. The number of piperidine rings is 1. The van der Waals surface area contributed by atoms with E-state index in [-0.39, 0.29) is 17.7 Å². The number of anilines is 1. The van der Waals surface area contributed by atoms with E-state index in [0.717, 1.165) is 25.9 Å². The highest BCUT2D eigenvalue weighted by Gasteiger charge is 2.23. The molecule has 7 nitrogen and oxygen atoms in total. The molecule has 132 valence electrons. The average Bonchev–Trinajstić information content (AvgIpc) is 2.60. The standard InChI is InChI=1S/C17H25N3O4/c1-23-13-3-4-14(15(11-13)24-2)19-16(21)7-10-20-8-5-12(6-9-20)17(18)22/h3-4,11-12H,5-10H2,1-2H3,(H2,18,22)(H,19,21). The largest absolute Gasteiger partial charge is 0.497 e. The summed E-state index contributed by atoms with van der Waals surface area (Å²) in [6.45, 7) is 2.26. The number of ether oxygens (including phenoxy) is 2. The Labute approximate surface area is 142 Å². The number of amides is 2. The van der Waals surface area contributed by atoms with E-state index in [0.29, 0.717) is 30.2 Å². The molecule has 1 heterocycles. The normalized spacial score (nSPS) is 15.8. The summed E-state index contributed by atoms with van der Waals surface area (Å²) in [6, 6.07) is 5.25. The molecule has 0 saturated carbocycles. The monoisotopic (exact) mass is 335 g/mol. The maximum Gasteiger partial charge on any atom is 0.225 e. The average molecular weight is 335 g/mol. The fourth-order valence-electron chi connectivity index (χ4n) is 2.82. The number of hydrogen-bond donors (Lipinski definition) is 2. The Balaban J connectivity index is 1.81.